The molecular formula is C11H16N2O5S2. The molecule has 0 bridgehead atoms. The van der Waals surface area contributed by atoms with E-state index < -0.39 is 25.6 Å². The molecule has 3 N–H and O–H groups in total. The monoisotopic (exact) mass is 320 g/mol. The second-order valence-electron chi connectivity index (χ2n) is 5.11. The maximum Gasteiger partial charge on any atom is 0.243 e. The molecule has 1 unspecified atom stereocenters. The molecule has 1 atom stereocenters. The van der Waals surface area contributed by atoms with Crippen LogP contribution in [-0.2, 0) is 20.0 Å². The second kappa shape index (κ2) is 4.78. The Morgan fingerprint density at radius 1 is 1.25 bits per heavy atom. The van der Waals surface area contributed by atoms with Crippen LogP contribution in [-0.4, -0.2) is 44.9 Å². The van der Waals surface area contributed by atoms with Gasteiger partial charge in [0.1, 0.15) is 0 Å². The molecule has 7 nitrogen and oxygen atoms in total. The third-order valence-electron chi connectivity index (χ3n) is 3.19. The molecule has 0 aromatic heterocycles. The predicted octanol–water partition coefficient (Wildman–Crippen LogP) is -0.521. The van der Waals surface area contributed by atoms with Gasteiger partial charge in [0.05, 0.1) is 15.4 Å². The van der Waals surface area contributed by atoms with Crippen LogP contribution in [0, 0.1) is 0 Å². The van der Waals surface area contributed by atoms with Gasteiger partial charge in [0.15, 0.2) is 0 Å². The molecule has 9 heteroatoms. The topological polar surface area (TPSA) is 118 Å². The lowest BCUT2D eigenvalue weighted by Crippen LogP contribution is -2.34. The molecule has 20 heavy (non-hydrogen) atoms. The Morgan fingerprint density at radius 3 is 2.35 bits per heavy atom. The Kier molecular flexibility index (Phi) is 3.68. The molecule has 0 radical (unpaired) electrons. The molecule has 1 aromatic rings. The molecule has 1 fully saturated rings. The van der Waals surface area contributed by atoms with E-state index in [9.17, 15) is 21.9 Å². The zero-order chi connectivity index (χ0) is 15.2. The van der Waals surface area contributed by atoms with Crippen LogP contribution in [0.2, 0.25) is 0 Å². The van der Waals surface area contributed by atoms with E-state index in [4.69, 9.17) is 5.14 Å². The van der Waals surface area contributed by atoms with E-state index in [2.05, 4.69) is 0 Å². The first-order chi connectivity index (χ1) is 9.02. The summed E-state index contributed by atoms with van der Waals surface area (Å²) in [4.78, 5) is -0.411. The van der Waals surface area contributed by atoms with Gasteiger partial charge >= 0.3 is 0 Å². The SMILES string of the molecule is CC1(O)CCN(S(=O)(=O)c2cccc(S(N)(=O)=O)c2)C1. The number of hydrogen-bond acceptors (Lipinski definition) is 5. The molecule has 1 aliphatic heterocycles. The third-order valence-corrected chi connectivity index (χ3v) is 5.94. The van der Waals surface area contributed by atoms with Crippen molar-refractivity contribution in [2.45, 2.75) is 28.7 Å². The minimum atomic E-state index is -3.96. The van der Waals surface area contributed by atoms with Crippen molar-refractivity contribution in [3.8, 4) is 0 Å². The average molecular weight is 320 g/mol. The number of nitrogens with zero attached hydrogens (tertiary/aromatic N) is 1. The van der Waals surface area contributed by atoms with Crippen LogP contribution in [0.4, 0.5) is 0 Å². The lowest BCUT2D eigenvalue weighted by atomic mass is 10.1. The van der Waals surface area contributed by atoms with Crippen LogP contribution in [0.15, 0.2) is 34.1 Å². The number of rotatable bonds is 3. The maximum atomic E-state index is 12.4. The molecular weight excluding hydrogens is 304 g/mol. The minimum absolute atomic E-state index is 0.0189. The number of aliphatic hydroxyl groups is 1. The molecule has 0 saturated carbocycles. The van der Waals surface area contributed by atoms with Crippen molar-refractivity contribution in [3.63, 3.8) is 0 Å². The molecule has 1 aliphatic rings. The lowest BCUT2D eigenvalue weighted by Gasteiger charge is -2.19. The standard InChI is InChI=1S/C11H16N2O5S2/c1-11(14)5-6-13(8-11)20(17,18)10-4-2-3-9(7-10)19(12,15)16/h2-4,7,14H,5-6,8H2,1H3,(H2,12,15,16). The van der Waals surface area contributed by atoms with Crippen LogP contribution in [0.25, 0.3) is 0 Å². The summed E-state index contributed by atoms with van der Waals surface area (Å²) in [5.41, 5.74) is -1.06. The highest BCUT2D eigenvalue weighted by atomic mass is 32.2. The summed E-state index contributed by atoms with van der Waals surface area (Å²) in [6.45, 7) is 1.73. The number of benzene rings is 1. The first-order valence-electron chi connectivity index (χ1n) is 5.88. The van der Waals surface area contributed by atoms with Crippen molar-refractivity contribution in [2.75, 3.05) is 13.1 Å². The van der Waals surface area contributed by atoms with E-state index in [0.29, 0.717) is 6.42 Å². The van der Waals surface area contributed by atoms with Crippen LogP contribution < -0.4 is 5.14 Å². The fraction of sp³-hybridized carbons (Fsp3) is 0.455. The van der Waals surface area contributed by atoms with Crippen molar-refractivity contribution in [1.29, 1.82) is 0 Å². The molecule has 112 valence electrons. The number of sulfonamides is 2. The van der Waals surface area contributed by atoms with E-state index in [1.807, 2.05) is 0 Å². The highest BCUT2D eigenvalue weighted by molar-refractivity contribution is 7.90. The first-order valence-corrected chi connectivity index (χ1v) is 8.86. The van der Waals surface area contributed by atoms with Gasteiger partial charge in [0.2, 0.25) is 20.0 Å². The number of nitrogens with two attached hydrogens (primary N) is 1. The van der Waals surface area contributed by atoms with Gasteiger partial charge in [0, 0.05) is 13.1 Å². The van der Waals surface area contributed by atoms with Crippen molar-refractivity contribution < 1.29 is 21.9 Å². The van der Waals surface area contributed by atoms with Crippen molar-refractivity contribution in [3.05, 3.63) is 24.3 Å². The average Bonchev–Trinajstić information content (AvgIpc) is 2.69. The van der Waals surface area contributed by atoms with E-state index in [1.165, 1.54) is 18.2 Å². The Balaban J connectivity index is 2.41. The fourth-order valence-corrected chi connectivity index (χ4v) is 4.31. The molecule has 1 saturated heterocycles. The van der Waals surface area contributed by atoms with Gasteiger partial charge in [0.25, 0.3) is 0 Å². The van der Waals surface area contributed by atoms with Crippen molar-refractivity contribution in [1.82, 2.24) is 4.31 Å². The molecule has 2 rings (SSSR count). The normalized spacial score (nSPS) is 24.9. The highest BCUT2D eigenvalue weighted by Crippen LogP contribution is 2.27. The maximum absolute atomic E-state index is 12.4. The zero-order valence-electron chi connectivity index (χ0n) is 10.9. The summed E-state index contributed by atoms with van der Waals surface area (Å²) in [6, 6.07) is 4.88. The number of hydrogen-bond donors (Lipinski definition) is 2. The van der Waals surface area contributed by atoms with E-state index >= 15 is 0 Å². The van der Waals surface area contributed by atoms with Crippen LogP contribution >= 0.6 is 0 Å². The Labute approximate surface area is 118 Å². The summed E-state index contributed by atoms with van der Waals surface area (Å²) in [6.07, 6.45) is 0.334. The van der Waals surface area contributed by atoms with Crippen molar-refractivity contribution in [2.24, 2.45) is 5.14 Å². The highest BCUT2D eigenvalue weighted by Gasteiger charge is 2.38. The van der Waals surface area contributed by atoms with Crippen molar-refractivity contribution >= 4 is 20.0 Å². The number of primary sulfonamides is 1. The summed E-state index contributed by atoms with van der Waals surface area (Å²) < 4.78 is 48.4. The first kappa shape index (κ1) is 15.4. The van der Waals surface area contributed by atoms with Gasteiger partial charge < -0.3 is 5.11 Å². The molecule has 0 aliphatic carbocycles. The predicted molar refractivity (Wildman–Crippen MR) is 71.8 cm³/mol. The molecule has 0 amide bonds. The zero-order valence-corrected chi connectivity index (χ0v) is 12.5. The molecule has 1 heterocycles. The Morgan fingerprint density at radius 2 is 1.85 bits per heavy atom. The van der Waals surface area contributed by atoms with E-state index in [-0.39, 0.29) is 22.9 Å². The quantitative estimate of drug-likeness (QED) is 0.777. The van der Waals surface area contributed by atoms with Gasteiger partial charge in [-0.2, -0.15) is 4.31 Å². The second-order valence-corrected chi connectivity index (χ2v) is 8.60. The van der Waals surface area contributed by atoms with Gasteiger partial charge in [-0.15, -0.1) is 0 Å². The van der Waals surface area contributed by atoms with Crippen LogP contribution in [0.1, 0.15) is 13.3 Å². The largest absolute Gasteiger partial charge is 0.389 e. The fourth-order valence-electron chi connectivity index (χ4n) is 2.07. The Bertz CT molecular complexity index is 725. The van der Waals surface area contributed by atoms with E-state index in [0.717, 1.165) is 10.4 Å². The third kappa shape index (κ3) is 3.01. The summed E-state index contributed by atoms with van der Waals surface area (Å²) >= 11 is 0. The number of β-amino-alcohol motifs (C(OH)–C–C–N with tert-alkyl or cyclic N) is 1. The molecule has 0 spiro atoms. The lowest BCUT2D eigenvalue weighted by molar-refractivity contribution is 0.0762. The summed E-state index contributed by atoms with van der Waals surface area (Å²) in [5, 5.41) is 14.8. The molecule has 1 aromatic carbocycles. The van der Waals surface area contributed by atoms with Gasteiger partial charge in [-0.25, -0.2) is 22.0 Å². The summed E-state index contributed by atoms with van der Waals surface area (Å²) in [5.74, 6) is 0. The van der Waals surface area contributed by atoms with Gasteiger partial charge in [-0.1, -0.05) is 6.07 Å². The van der Waals surface area contributed by atoms with Gasteiger partial charge in [-0.05, 0) is 31.5 Å². The minimum Gasteiger partial charge on any atom is -0.389 e. The smallest absolute Gasteiger partial charge is 0.243 e. The Hall–Kier alpha value is -1.00. The van der Waals surface area contributed by atoms with Crippen LogP contribution in [0.3, 0.4) is 0 Å². The van der Waals surface area contributed by atoms with Gasteiger partial charge in [-0.3, -0.25) is 0 Å². The summed E-state index contributed by atoms with van der Waals surface area (Å²) in [7, 11) is -7.80. The van der Waals surface area contributed by atoms with E-state index in [1.54, 1.807) is 6.92 Å². The van der Waals surface area contributed by atoms with Crippen LogP contribution in [0.5, 0.6) is 0 Å².